The second kappa shape index (κ2) is 11.5. The van der Waals surface area contributed by atoms with Gasteiger partial charge in [0.25, 0.3) is 5.91 Å². The van der Waals surface area contributed by atoms with E-state index in [9.17, 15) is 9.90 Å². The van der Waals surface area contributed by atoms with Gasteiger partial charge in [-0.05, 0) is 25.1 Å². The highest BCUT2D eigenvalue weighted by Crippen LogP contribution is 2.31. The van der Waals surface area contributed by atoms with E-state index < -0.39 is 18.6 Å². The van der Waals surface area contributed by atoms with Gasteiger partial charge in [0.15, 0.2) is 0 Å². The van der Waals surface area contributed by atoms with E-state index in [4.69, 9.17) is 51.1 Å². The second-order valence-electron chi connectivity index (χ2n) is 8.18. The van der Waals surface area contributed by atoms with Crippen molar-refractivity contribution < 1.29 is 14.6 Å². The molecule has 1 amide bonds. The van der Waals surface area contributed by atoms with Crippen LogP contribution in [0.3, 0.4) is 0 Å². The monoisotopic (exact) mass is 579 g/mol. The van der Waals surface area contributed by atoms with Gasteiger partial charge in [0.1, 0.15) is 29.8 Å². The number of hydrazine groups is 1. The molecule has 1 atom stereocenters. The number of carbonyl (C=O) groups excluding carboxylic acids is 1. The molecule has 4 aromatic rings. The maximum absolute atomic E-state index is 13.2. The Kier molecular flexibility index (Phi) is 8.29. The maximum Gasteiger partial charge on any atom is 0.254 e. The van der Waals surface area contributed by atoms with Gasteiger partial charge in [-0.2, -0.15) is 5.10 Å². The summed E-state index contributed by atoms with van der Waals surface area (Å²) in [5.41, 5.74) is 7.68. The molecule has 2 aromatic heterocycles. The van der Waals surface area contributed by atoms with Crippen LogP contribution in [0.5, 0.6) is 5.75 Å². The number of nitrogens with two attached hydrogens (primary N) is 2. The van der Waals surface area contributed by atoms with Crippen molar-refractivity contribution in [2.75, 3.05) is 20.3 Å². The number of amides is 1. The highest BCUT2D eigenvalue weighted by Gasteiger charge is 2.24. The zero-order valence-electron chi connectivity index (χ0n) is 20.2. The van der Waals surface area contributed by atoms with E-state index >= 15 is 0 Å². The molecule has 0 bridgehead atoms. The Morgan fingerprint density at radius 1 is 1.26 bits per heavy atom. The van der Waals surface area contributed by atoms with Crippen LogP contribution in [0.15, 0.2) is 42.5 Å². The highest BCUT2D eigenvalue weighted by atomic mass is 35.5. The Hall–Kier alpha value is -3.55. The molecule has 200 valence electrons. The Bertz CT molecular complexity index is 1500. The first-order chi connectivity index (χ1) is 18.1. The van der Waals surface area contributed by atoms with Crippen LogP contribution in [0, 0.1) is 6.92 Å². The number of halogens is 3. The Balaban J connectivity index is 1.62. The summed E-state index contributed by atoms with van der Waals surface area (Å²) in [5, 5.41) is 18.2. The molecule has 0 aliphatic carbocycles. The van der Waals surface area contributed by atoms with E-state index in [0.717, 1.165) is 0 Å². The third kappa shape index (κ3) is 5.79. The molecule has 12 nitrogen and oxygen atoms in total. The number of aliphatic hydroxyl groups excluding tert-OH is 1. The average Bonchev–Trinajstić information content (AvgIpc) is 3.48. The average molecular weight is 581 g/mol. The van der Waals surface area contributed by atoms with E-state index in [0.29, 0.717) is 39.1 Å². The first-order valence-electron chi connectivity index (χ1n) is 11.1. The second-order valence-corrected chi connectivity index (χ2v) is 9.40. The number of ether oxygens (including phenoxy) is 1. The fourth-order valence-electron chi connectivity index (χ4n) is 3.67. The topological polar surface area (TPSA) is 173 Å². The largest absolute Gasteiger partial charge is 0.495 e. The lowest BCUT2D eigenvalue weighted by molar-refractivity contribution is 0.0940. The quantitative estimate of drug-likeness (QED) is 0.147. The van der Waals surface area contributed by atoms with Crippen molar-refractivity contribution in [3.8, 4) is 11.4 Å². The number of rotatable bonds is 9. The molecule has 2 aromatic carbocycles. The van der Waals surface area contributed by atoms with Gasteiger partial charge in [-0.25, -0.2) is 20.5 Å². The van der Waals surface area contributed by atoms with E-state index in [1.54, 1.807) is 31.2 Å². The van der Waals surface area contributed by atoms with Crippen LogP contribution in [0.4, 0.5) is 0 Å². The summed E-state index contributed by atoms with van der Waals surface area (Å²) in [6.07, 6.45) is 2.85. The number of benzene rings is 2. The van der Waals surface area contributed by atoms with E-state index in [1.165, 1.54) is 29.3 Å². The number of carbonyl (C=O) groups is 1. The fraction of sp³-hybridized carbons (Fsp3) is 0.217. The number of aromatic amines is 1. The maximum atomic E-state index is 13.2. The molecule has 0 saturated heterocycles. The Morgan fingerprint density at radius 3 is 2.58 bits per heavy atom. The van der Waals surface area contributed by atoms with Gasteiger partial charge in [0.2, 0.25) is 0 Å². The van der Waals surface area contributed by atoms with Gasteiger partial charge in [-0.1, -0.05) is 34.8 Å². The SMILES string of the molecule is COc1cc2nc(C(CNC(=O)c3c(Cl)cc(-n4cnc(C)n4)cc3Cl)N(N)/C=C(\N)CO)[nH]c2cc1Cl. The lowest BCUT2D eigenvalue weighted by Gasteiger charge is -2.25. The summed E-state index contributed by atoms with van der Waals surface area (Å²) in [7, 11) is 1.50. The standard InChI is InChI=1S/C23H24Cl3N9O3/c1-11-30-10-35(33-11)13-3-15(25)21(16(26)4-13)23(37)29-7-19(34(28)8-12(27)9-36)22-31-17-5-14(24)20(38-2)6-18(17)32-22/h3-6,8,10,19,36H,7,9,27-28H2,1-2H3,(H,29,37)(H,31,32)/b12-8-. The number of imidazole rings is 1. The van der Waals surface area contributed by atoms with Gasteiger partial charge < -0.3 is 30.9 Å². The fourth-order valence-corrected chi connectivity index (χ4v) is 4.56. The zero-order chi connectivity index (χ0) is 27.6. The molecule has 15 heteroatoms. The molecule has 0 aliphatic heterocycles. The number of aliphatic hydroxyl groups is 1. The number of aromatic nitrogens is 5. The molecule has 1 unspecified atom stereocenters. The van der Waals surface area contributed by atoms with Crippen molar-refractivity contribution in [1.29, 1.82) is 0 Å². The normalized spacial score (nSPS) is 12.6. The van der Waals surface area contributed by atoms with Crippen molar-refractivity contribution in [1.82, 2.24) is 35.1 Å². The Morgan fingerprint density at radius 2 is 1.97 bits per heavy atom. The van der Waals surface area contributed by atoms with Gasteiger partial charge in [-0.15, -0.1) is 0 Å². The number of hydrogen-bond donors (Lipinski definition) is 5. The summed E-state index contributed by atoms with van der Waals surface area (Å²) in [6.45, 7) is 1.30. The molecule has 0 aliphatic rings. The highest BCUT2D eigenvalue weighted by molar-refractivity contribution is 6.40. The van der Waals surface area contributed by atoms with Crippen molar-refractivity contribution in [2.24, 2.45) is 11.6 Å². The van der Waals surface area contributed by atoms with Crippen molar-refractivity contribution >= 4 is 51.7 Å². The van der Waals surface area contributed by atoms with E-state index in [1.807, 2.05) is 0 Å². The number of fused-ring (bicyclic) bond motifs is 1. The molecular weight excluding hydrogens is 557 g/mol. The van der Waals surface area contributed by atoms with Crippen LogP contribution in [0.2, 0.25) is 15.1 Å². The molecule has 7 N–H and O–H groups in total. The van der Waals surface area contributed by atoms with E-state index in [-0.39, 0.29) is 27.9 Å². The molecule has 0 saturated carbocycles. The van der Waals surface area contributed by atoms with Crippen LogP contribution in [-0.2, 0) is 0 Å². The van der Waals surface area contributed by atoms with Crippen LogP contribution >= 0.6 is 34.8 Å². The van der Waals surface area contributed by atoms with Gasteiger partial charge >= 0.3 is 0 Å². The number of methoxy groups -OCH3 is 1. The minimum Gasteiger partial charge on any atom is -0.495 e. The summed E-state index contributed by atoms with van der Waals surface area (Å²) < 4.78 is 6.76. The smallest absolute Gasteiger partial charge is 0.254 e. The van der Waals surface area contributed by atoms with Crippen LogP contribution in [-0.4, -0.2) is 61.0 Å². The molecule has 0 fully saturated rings. The molecular formula is C23H24Cl3N9O3. The minimum absolute atomic E-state index is 0.0358. The van der Waals surface area contributed by atoms with Crippen LogP contribution < -0.4 is 21.6 Å². The predicted octanol–water partition coefficient (Wildman–Crippen LogP) is 2.86. The number of nitrogens with zero attached hydrogens (tertiary/aromatic N) is 5. The van der Waals surface area contributed by atoms with Crippen molar-refractivity contribution in [3.63, 3.8) is 0 Å². The predicted molar refractivity (Wildman–Crippen MR) is 144 cm³/mol. The molecule has 0 spiro atoms. The molecule has 0 radical (unpaired) electrons. The summed E-state index contributed by atoms with van der Waals surface area (Å²) >= 11 is 19.1. The number of H-pyrrole nitrogens is 1. The van der Waals surface area contributed by atoms with Gasteiger partial charge in [0.05, 0.1) is 56.8 Å². The van der Waals surface area contributed by atoms with E-state index in [2.05, 4.69) is 25.4 Å². The van der Waals surface area contributed by atoms with Crippen molar-refractivity contribution in [2.45, 2.75) is 13.0 Å². The number of nitrogens with one attached hydrogen (secondary N) is 2. The zero-order valence-corrected chi connectivity index (χ0v) is 22.5. The summed E-state index contributed by atoms with van der Waals surface area (Å²) in [6, 6.07) is 5.72. The lowest BCUT2D eigenvalue weighted by Crippen LogP contribution is -2.40. The Labute approximate surface area is 232 Å². The minimum atomic E-state index is -0.740. The van der Waals surface area contributed by atoms with Crippen LogP contribution in [0.1, 0.15) is 28.0 Å². The van der Waals surface area contributed by atoms with Crippen molar-refractivity contribution in [3.05, 3.63) is 74.8 Å². The van der Waals surface area contributed by atoms with Gasteiger partial charge in [-0.3, -0.25) is 4.79 Å². The third-order valence-electron chi connectivity index (χ3n) is 5.53. The molecule has 38 heavy (non-hydrogen) atoms. The van der Waals surface area contributed by atoms with Gasteiger partial charge in [0, 0.05) is 18.8 Å². The lowest BCUT2D eigenvalue weighted by atomic mass is 10.1. The summed E-state index contributed by atoms with van der Waals surface area (Å²) in [5.74, 6) is 7.11. The first-order valence-corrected chi connectivity index (χ1v) is 12.2. The number of aryl methyl sites for hydroxylation is 1. The first kappa shape index (κ1) is 27.5. The molecule has 4 rings (SSSR count). The number of hydrogen-bond acceptors (Lipinski definition) is 9. The molecule has 2 heterocycles. The van der Waals surface area contributed by atoms with Crippen LogP contribution in [0.25, 0.3) is 16.7 Å². The summed E-state index contributed by atoms with van der Waals surface area (Å²) in [4.78, 5) is 25.0. The third-order valence-corrected chi connectivity index (χ3v) is 6.42.